The molecule has 0 aliphatic rings. The minimum Gasteiger partial charge on any atom is -0.387 e. The van der Waals surface area contributed by atoms with Crippen LogP contribution in [0.2, 0.25) is 0 Å². The van der Waals surface area contributed by atoms with Gasteiger partial charge >= 0.3 is 6.18 Å². The third-order valence-electron chi connectivity index (χ3n) is 5.99. The lowest BCUT2D eigenvalue weighted by molar-refractivity contribution is -0.141. The Balaban J connectivity index is 1.73. The normalized spacial score (nSPS) is 13.1. The molecule has 0 spiro atoms. The van der Waals surface area contributed by atoms with Crippen LogP contribution in [0, 0.1) is 19.8 Å². The first-order valence-corrected chi connectivity index (χ1v) is 12.2. The lowest BCUT2D eigenvalue weighted by atomic mass is 10.0. The van der Waals surface area contributed by atoms with Crippen molar-refractivity contribution in [3.8, 4) is 16.3 Å². The fraction of sp³-hybridized carbons (Fsp3) is 0.280. The molecule has 5 aromatic heterocycles. The Bertz CT molecular complexity index is 1710. The number of pyridine rings is 2. The quantitative estimate of drug-likeness (QED) is 0.344. The molecular weight excluding hydrogens is 505 g/mol. The largest absolute Gasteiger partial charge is 0.433 e. The molecule has 5 aromatic rings. The average molecular weight is 527 g/mol. The Labute approximate surface area is 212 Å². The van der Waals surface area contributed by atoms with Gasteiger partial charge in [0.1, 0.15) is 5.69 Å². The van der Waals surface area contributed by atoms with Crippen LogP contribution in [0.3, 0.4) is 0 Å². The first kappa shape index (κ1) is 24.9. The highest BCUT2D eigenvalue weighted by Crippen LogP contribution is 2.34. The number of aliphatic hydroxyl groups is 1. The number of nitrogens with zero attached hydrogens (tertiary/aromatic N) is 6. The van der Waals surface area contributed by atoms with Crippen LogP contribution in [-0.2, 0) is 6.18 Å². The second kappa shape index (κ2) is 8.96. The Kier molecular flexibility index (Phi) is 6.03. The zero-order chi connectivity index (χ0) is 26.6. The average Bonchev–Trinajstić information content (AvgIpc) is 3.27. The molecule has 0 aliphatic heterocycles. The van der Waals surface area contributed by atoms with Gasteiger partial charge in [-0.3, -0.25) is 9.78 Å². The SMILES string of the molecule is Cc1nc2c(=O)c(-c3cc4cnc([C@H](O)C(C)C)cc4s3)nn(-c3ccc(C(F)(F)F)nc3)c2nc1C. The number of rotatable bonds is 4. The molecule has 1 atom stereocenters. The van der Waals surface area contributed by atoms with Crippen molar-refractivity contribution in [2.45, 2.75) is 40.0 Å². The first-order valence-electron chi connectivity index (χ1n) is 11.3. The van der Waals surface area contributed by atoms with Gasteiger partial charge in [-0.1, -0.05) is 13.8 Å². The molecule has 0 aliphatic carbocycles. The van der Waals surface area contributed by atoms with E-state index in [0.29, 0.717) is 22.0 Å². The standard InChI is InChI=1S/C25H21F3N6O2S/c1-11(2)22(35)16-8-17-14(9-29-16)7-18(37-17)20-23(36)21-24(32-13(4)12(3)31-21)34(33-20)15-5-6-19(30-10-15)25(26,27)28/h5-11,22,35H,1-4H3/t22-/m1/s1. The van der Waals surface area contributed by atoms with E-state index in [-0.39, 0.29) is 28.5 Å². The van der Waals surface area contributed by atoms with E-state index in [1.54, 1.807) is 32.2 Å². The summed E-state index contributed by atoms with van der Waals surface area (Å²) in [6, 6.07) is 5.61. The van der Waals surface area contributed by atoms with Gasteiger partial charge in [-0.25, -0.2) is 19.6 Å². The molecule has 37 heavy (non-hydrogen) atoms. The van der Waals surface area contributed by atoms with Crippen molar-refractivity contribution in [1.29, 1.82) is 0 Å². The number of fused-ring (bicyclic) bond motifs is 2. The van der Waals surface area contributed by atoms with Crippen LogP contribution in [-0.4, -0.2) is 34.8 Å². The summed E-state index contributed by atoms with van der Waals surface area (Å²) in [4.78, 5) is 30.8. The number of halogens is 3. The van der Waals surface area contributed by atoms with E-state index in [1.165, 1.54) is 22.1 Å². The van der Waals surface area contributed by atoms with Gasteiger partial charge < -0.3 is 5.11 Å². The second-order valence-corrected chi connectivity index (χ2v) is 10.1. The molecule has 1 N–H and O–H groups in total. The van der Waals surface area contributed by atoms with Crippen molar-refractivity contribution in [2.75, 3.05) is 0 Å². The maximum Gasteiger partial charge on any atom is 0.433 e. The number of aromatic nitrogens is 6. The van der Waals surface area contributed by atoms with Gasteiger partial charge in [-0.15, -0.1) is 11.3 Å². The van der Waals surface area contributed by atoms with Gasteiger partial charge in [0.2, 0.25) is 5.43 Å². The number of alkyl halides is 3. The van der Waals surface area contributed by atoms with Crippen molar-refractivity contribution in [2.24, 2.45) is 5.92 Å². The van der Waals surface area contributed by atoms with Crippen LogP contribution in [0.1, 0.15) is 42.7 Å². The van der Waals surface area contributed by atoms with Crippen LogP contribution in [0.25, 0.3) is 37.5 Å². The van der Waals surface area contributed by atoms with Gasteiger partial charge in [-0.2, -0.15) is 18.3 Å². The molecule has 8 nitrogen and oxygen atoms in total. The van der Waals surface area contributed by atoms with Gasteiger partial charge in [0.25, 0.3) is 0 Å². The third kappa shape index (κ3) is 4.46. The monoisotopic (exact) mass is 526 g/mol. The molecule has 0 amide bonds. The fourth-order valence-electron chi connectivity index (χ4n) is 3.78. The molecule has 0 saturated carbocycles. The second-order valence-electron chi connectivity index (χ2n) is 9.00. The topological polar surface area (TPSA) is 107 Å². The van der Waals surface area contributed by atoms with Gasteiger partial charge in [0.05, 0.1) is 39.9 Å². The van der Waals surface area contributed by atoms with E-state index in [1.807, 2.05) is 13.8 Å². The van der Waals surface area contributed by atoms with E-state index in [2.05, 4.69) is 25.0 Å². The lowest BCUT2D eigenvalue weighted by Crippen LogP contribution is -2.19. The summed E-state index contributed by atoms with van der Waals surface area (Å²) in [6.07, 6.45) is -2.67. The Morgan fingerprint density at radius 1 is 1.03 bits per heavy atom. The third-order valence-corrected chi connectivity index (χ3v) is 7.10. The molecule has 0 fully saturated rings. The molecule has 0 aromatic carbocycles. The smallest absolute Gasteiger partial charge is 0.387 e. The molecule has 12 heteroatoms. The van der Waals surface area contributed by atoms with E-state index in [0.717, 1.165) is 22.3 Å². The Morgan fingerprint density at radius 3 is 2.41 bits per heavy atom. The number of aryl methyl sites for hydroxylation is 2. The number of thiophene rings is 1. The molecule has 0 radical (unpaired) electrons. The van der Waals surface area contributed by atoms with Crippen LogP contribution in [0.5, 0.6) is 0 Å². The van der Waals surface area contributed by atoms with Crippen molar-refractivity contribution >= 4 is 32.6 Å². The van der Waals surface area contributed by atoms with E-state index < -0.39 is 23.4 Å². The minimum absolute atomic E-state index is 0.0265. The maximum atomic E-state index is 13.5. The Hall–Kier alpha value is -3.77. The summed E-state index contributed by atoms with van der Waals surface area (Å²) < 4.78 is 41.3. The summed E-state index contributed by atoms with van der Waals surface area (Å²) >= 11 is 1.29. The molecule has 190 valence electrons. The van der Waals surface area contributed by atoms with Crippen LogP contribution < -0.4 is 5.43 Å². The van der Waals surface area contributed by atoms with E-state index in [4.69, 9.17) is 0 Å². The maximum absolute atomic E-state index is 13.5. The molecule has 0 unspecified atom stereocenters. The van der Waals surface area contributed by atoms with Crippen molar-refractivity contribution in [1.82, 2.24) is 29.7 Å². The van der Waals surface area contributed by atoms with Gasteiger partial charge in [0, 0.05) is 16.3 Å². The molecule has 5 rings (SSSR count). The highest BCUT2D eigenvalue weighted by atomic mass is 32.1. The summed E-state index contributed by atoms with van der Waals surface area (Å²) in [7, 11) is 0. The molecule has 5 heterocycles. The van der Waals surface area contributed by atoms with Crippen LogP contribution in [0.15, 0.2) is 41.5 Å². The van der Waals surface area contributed by atoms with Crippen LogP contribution in [0.4, 0.5) is 13.2 Å². The van der Waals surface area contributed by atoms with E-state index in [9.17, 15) is 23.1 Å². The summed E-state index contributed by atoms with van der Waals surface area (Å²) in [6.45, 7) is 7.22. The predicted octanol–water partition coefficient (Wildman–Crippen LogP) is 5.17. The summed E-state index contributed by atoms with van der Waals surface area (Å²) in [5, 5.41) is 15.7. The van der Waals surface area contributed by atoms with Crippen LogP contribution >= 0.6 is 11.3 Å². The first-order chi connectivity index (χ1) is 17.4. The summed E-state index contributed by atoms with van der Waals surface area (Å²) in [5.74, 6) is -0.0265. The Morgan fingerprint density at radius 2 is 1.76 bits per heavy atom. The fourth-order valence-corrected chi connectivity index (χ4v) is 4.85. The molecule has 0 bridgehead atoms. The zero-order valence-corrected chi connectivity index (χ0v) is 21.0. The zero-order valence-electron chi connectivity index (χ0n) is 20.2. The lowest BCUT2D eigenvalue weighted by Gasteiger charge is -2.13. The summed E-state index contributed by atoms with van der Waals surface area (Å²) in [5.41, 5.74) is 0.542. The van der Waals surface area contributed by atoms with Crippen molar-refractivity contribution in [3.63, 3.8) is 0 Å². The van der Waals surface area contributed by atoms with E-state index >= 15 is 0 Å². The number of aliphatic hydroxyl groups excluding tert-OH is 1. The molecule has 0 saturated heterocycles. The molecular formula is C25H21F3N6O2S. The van der Waals surface area contributed by atoms with Gasteiger partial charge in [-0.05, 0) is 44.0 Å². The van der Waals surface area contributed by atoms with Gasteiger partial charge in [0.15, 0.2) is 16.9 Å². The van der Waals surface area contributed by atoms with Crippen molar-refractivity contribution < 1.29 is 18.3 Å². The predicted molar refractivity (Wildman–Crippen MR) is 134 cm³/mol. The minimum atomic E-state index is -4.59. The highest BCUT2D eigenvalue weighted by Gasteiger charge is 2.32. The highest BCUT2D eigenvalue weighted by molar-refractivity contribution is 7.22. The van der Waals surface area contributed by atoms with Crippen molar-refractivity contribution in [3.05, 3.63) is 69.7 Å². The number of hydrogen-bond donors (Lipinski definition) is 1. The number of hydrogen-bond acceptors (Lipinski definition) is 8.